The zero-order chi connectivity index (χ0) is 15.2. The molecule has 0 bridgehead atoms. The predicted molar refractivity (Wildman–Crippen MR) is 86.3 cm³/mol. The highest BCUT2D eigenvalue weighted by molar-refractivity contribution is 6.42. The average molecular weight is 321 g/mol. The molecule has 0 saturated heterocycles. The third kappa shape index (κ3) is 4.59. The number of nitrogens with one attached hydrogen (secondary N) is 1. The van der Waals surface area contributed by atoms with E-state index in [4.69, 9.17) is 23.2 Å². The van der Waals surface area contributed by atoms with Gasteiger partial charge in [-0.1, -0.05) is 35.3 Å². The Balaban J connectivity index is 1.98. The normalized spacial score (nSPS) is 12.3. The molecule has 0 aliphatic rings. The van der Waals surface area contributed by atoms with Crippen LogP contribution in [0.15, 0.2) is 48.7 Å². The number of carbonyl (C=O) groups is 1. The van der Waals surface area contributed by atoms with Gasteiger partial charge < -0.3 is 5.32 Å². The summed E-state index contributed by atoms with van der Waals surface area (Å²) < 4.78 is 0. The van der Waals surface area contributed by atoms with Gasteiger partial charge in [0.2, 0.25) is 5.91 Å². The summed E-state index contributed by atoms with van der Waals surface area (Å²) in [6, 6.07) is 10.6. The van der Waals surface area contributed by atoms with Crippen LogP contribution in [0.5, 0.6) is 0 Å². The Morgan fingerprint density at radius 1 is 1.24 bits per heavy atom. The molecule has 1 unspecified atom stereocenters. The van der Waals surface area contributed by atoms with Crippen molar-refractivity contribution in [3.05, 3.63) is 70.0 Å². The fraction of sp³-hybridized carbons (Fsp3) is 0.125. The van der Waals surface area contributed by atoms with Crippen LogP contribution in [0.3, 0.4) is 0 Å². The lowest BCUT2D eigenvalue weighted by atomic mass is 10.2. The van der Waals surface area contributed by atoms with E-state index in [2.05, 4.69) is 10.3 Å². The van der Waals surface area contributed by atoms with Crippen LogP contribution in [0.25, 0.3) is 6.08 Å². The molecule has 0 radical (unpaired) electrons. The number of nitrogens with zero attached hydrogens (tertiary/aromatic N) is 1. The summed E-state index contributed by atoms with van der Waals surface area (Å²) >= 11 is 11.8. The number of hydrogen-bond donors (Lipinski definition) is 1. The summed E-state index contributed by atoms with van der Waals surface area (Å²) in [4.78, 5) is 16.1. The van der Waals surface area contributed by atoms with E-state index in [-0.39, 0.29) is 11.9 Å². The van der Waals surface area contributed by atoms with Gasteiger partial charge in [-0.25, -0.2) is 0 Å². The van der Waals surface area contributed by atoms with E-state index >= 15 is 0 Å². The van der Waals surface area contributed by atoms with Crippen molar-refractivity contribution >= 4 is 35.2 Å². The highest BCUT2D eigenvalue weighted by Gasteiger charge is 2.07. The fourth-order valence-electron chi connectivity index (χ4n) is 1.76. The van der Waals surface area contributed by atoms with Gasteiger partial charge in [0, 0.05) is 12.3 Å². The number of hydrogen-bond acceptors (Lipinski definition) is 2. The zero-order valence-corrected chi connectivity index (χ0v) is 12.9. The number of halogens is 2. The minimum Gasteiger partial charge on any atom is -0.344 e. The summed E-state index contributed by atoms with van der Waals surface area (Å²) in [5.74, 6) is -0.195. The van der Waals surface area contributed by atoms with E-state index in [0.29, 0.717) is 10.0 Å². The maximum Gasteiger partial charge on any atom is 0.244 e. The third-order valence-electron chi connectivity index (χ3n) is 2.86. The quantitative estimate of drug-likeness (QED) is 0.854. The molecule has 1 amide bonds. The fourth-order valence-corrected chi connectivity index (χ4v) is 2.06. The van der Waals surface area contributed by atoms with Gasteiger partial charge in [0.1, 0.15) is 0 Å². The SMILES string of the molecule is CC(NC(=O)/C=C/c1ccc(Cl)c(Cl)c1)c1ccccn1. The van der Waals surface area contributed by atoms with E-state index in [1.165, 1.54) is 6.08 Å². The van der Waals surface area contributed by atoms with Crippen LogP contribution in [0, 0.1) is 0 Å². The zero-order valence-electron chi connectivity index (χ0n) is 11.4. The minimum atomic E-state index is -0.195. The first-order valence-electron chi connectivity index (χ1n) is 6.41. The van der Waals surface area contributed by atoms with Crippen molar-refractivity contribution in [2.24, 2.45) is 0 Å². The molecule has 21 heavy (non-hydrogen) atoms. The first-order chi connectivity index (χ1) is 10.1. The van der Waals surface area contributed by atoms with Crippen LogP contribution in [0.2, 0.25) is 10.0 Å². The molecule has 0 spiro atoms. The molecule has 0 aliphatic heterocycles. The van der Waals surface area contributed by atoms with Gasteiger partial charge in [-0.05, 0) is 42.8 Å². The number of rotatable bonds is 4. The smallest absolute Gasteiger partial charge is 0.244 e. The van der Waals surface area contributed by atoms with E-state index in [1.54, 1.807) is 30.5 Å². The Bertz CT molecular complexity index is 657. The lowest BCUT2D eigenvalue weighted by molar-refractivity contribution is -0.117. The van der Waals surface area contributed by atoms with Crippen LogP contribution >= 0.6 is 23.2 Å². The van der Waals surface area contributed by atoms with Gasteiger partial charge in [0.05, 0.1) is 21.8 Å². The maximum absolute atomic E-state index is 11.9. The Hall–Kier alpha value is -1.84. The van der Waals surface area contributed by atoms with Crippen molar-refractivity contribution in [1.82, 2.24) is 10.3 Å². The summed E-state index contributed by atoms with van der Waals surface area (Å²) in [6.07, 6.45) is 4.84. The van der Waals surface area contributed by atoms with Crippen LogP contribution in [-0.2, 0) is 4.79 Å². The predicted octanol–water partition coefficient (Wildman–Crippen LogP) is 4.28. The Morgan fingerprint density at radius 2 is 2.05 bits per heavy atom. The topological polar surface area (TPSA) is 42.0 Å². The van der Waals surface area contributed by atoms with Gasteiger partial charge in [-0.15, -0.1) is 0 Å². The van der Waals surface area contributed by atoms with Gasteiger partial charge >= 0.3 is 0 Å². The van der Waals surface area contributed by atoms with Crippen molar-refractivity contribution in [3.63, 3.8) is 0 Å². The van der Waals surface area contributed by atoms with E-state index in [1.807, 2.05) is 25.1 Å². The lowest BCUT2D eigenvalue weighted by Gasteiger charge is -2.11. The molecule has 1 aromatic heterocycles. The largest absolute Gasteiger partial charge is 0.344 e. The molecule has 1 N–H and O–H groups in total. The molecule has 0 aliphatic carbocycles. The first kappa shape index (κ1) is 15.5. The van der Waals surface area contributed by atoms with Crippen molar-refractivity contribution in [1.29, 1.82) is 0 Å². The van der Waals surface area contributed by atoms with Crippen LogP contribution < -0.4 is 5.32 Å². The molecule has 2 aromatic rings. The molecular weight excluding hydrogens is 307 g/mol. The molecule has 1 aromatic carbocycles. The summed E-state index contributed by atoms with van der Waals surface area (Å²) in [6.45, 7) is 1.88. The second-order valence-electron chi connectivity index (χ2n) is 4.49. The lowest BCUT2D eigenvalue weighted by Crippen LogP contribution is -2.25. The van der Waals surface area contributed by atoms with Gasteiger partial charge in [0.15, 0.2) is 0 Å². The van der Waals surface area contributed by atoms with Crippen molar-refractivity contribution in [2.75, 3.05) is 0 Å². The minimum absolute atomic E-state index is 0.155. The number of pyridine rings is 1. The number of benzene rings is 1. The molecule has 108 valence electrons. The number of aromatic nitrogens is 1. The molecule has 0 saturated carbocycles. The molecule has 2 rings (SSSR count). The summed E-state index contributed by atoms with van der Waals surface area (Å²) in [5.41, 5.74) is 1.62. The van der Waals surface area contributed by atoms with Gasteiger partial charge in [-0.2, -0.15) is 0 Å². The van der Waals surface area contributed by atoms with E-state index in [9.17, 15) is 4.79 Å². The van der Waals surface area contributed by atoms with E-state index < -0.39 is 0 Å². The second kappa shape index (κ2) is 7.25. The molecule has 3 nitrogen and oxygen atoms in total. The monoisotopic (exact) mass is 320 g/mol. The second-order valence-corrected chi connectivity index (χ2v) is 5.31. The average Bonchev–Trinajstić information content (AvgIpc) is 2.49. The van der Waals surface area contributed by atoms with E-state index in [0.717, 1.165) is 11.3 Å². The Labute approximate surface area is 133 Å². The molecule has 5 heteroatoms. The third-order valence-corrected chi connectivity index (χ3v) is 3.60. The molecule has 0 fully saturated rings. The Morgan fingerprint density at radius 3 is 2.71 bits per heavy atom. The number of amides is 1. The summed E-state index contributed by atoms with van der Waals surface area (Å²) in [7, 11) is 0. The molecular formula is C16H14Cl2N2O. The highest BCUT2D eigenvalue weighted by atomic mass is 35.5. The van der Waals surface area contributed by atoms with Crippen molar-refractivity contribution in [3.8, 4) is 0 Å². The van der Waals surface area contributed by atoms with Crippen LogP contribution in [-0.4, -0.2) is 10.9 Å². The van der Waals surface area contributed by atoms with Gasteiger partial charge in [0.25, 0.3) is 0 Å². The molecule has 1 atom stereocenters. The first-order valence-corrected chi connectivity index (χ1v) is 7.16. The van der Waals surface area contributed by atoms with Crippen LogP contribution in [0.4, 0.5) is 0 Å². The Kier molecular flexibility index (Phi) is 5.37. The van der Waals surface area contributed by atoms with Crippen LogP contribution in [0.1, 0.15) is 24.2 Å². The molecule has 1 heterocycles. The van der Waals surface area contributed by atoms with Crippen molar-refractivity contribution in [2.45, 2.75) is 13.0 Å². The van der Waals surface area contributed by atoms with Gasteiger partial charge in [-0.3, -0.25) is 9.78 Å². The maximum atomic E-state index is 11.9. The standard InChI is InChI=1S/C16H14Cl2N2O/c1-11(15-4-2-3-9-19-15)20-16(21)8-6-12-5-7-13(17)14(18)10-12/h2-11H,1H3,(H,20,21)/b8-6+. The van der Waals surface area contributed by atoms with Crippen molar-refractivity contribution < 1.29 is 4.79 Å². The number of carbonyl (C=O) groups excluding carboxylic acids is 1. The highest BCUT2D eigenvalue weighted by Crippen LogP contribution is 2.23. The summed E-state index contributed by atoms with van der Waals surface area (Å²) in [5, 5.41) is 3.79.